The van der Waals surface area contributed by atoms with Gasteiger partial charge in [0, 0.05) is 18.4 Å². The van der Waals surface area contributed by atoms with E-state index in [1.165, 1.54) is 11.1 Å². The van der Waals surface area contributed by atoms with Gasteiger partial charge >= 0.3 is 0 Å². The predicted octanol–water partition coefficient (Wildman–Crippen LogP) is 2.96. The molecule has 0 radical (unpaired) electrons. The Bertz CT molecular complexity index is 716. The molecular weight excluding hydrogens is 290 g/mol. The zero-order valence-electron chi connectivity index (χ0n) is 13.9. The zero-order chi connectivity index (χ0) is 16.4. The van der Waals surface area contributed by atoms with Crippen LogP contribution in [0, 0.1) is 13.8 Å². The smallest absolute Gasteiger partial charge is 0.228 e. The first kappa shape index (κ1) is 15.5. The Labute approximate surface area is 136 Å². The Kier molecular flexibility index (Phi) is 4.32. The number of anilines is 2. The van der Waals surface area contributed by atoms with Crippen molar-refractivity contribution >= 4 is 11.9 Å². The van der Waals surface area contributed by atoms with Gasteiger partial charge in [-0.3, -0.25) is 0 Å². The molecule has 1 aliphatic rings. The molecule has 3 rings (SSSR count). The second-order valence-corrected chi connectivity index (χ2v) is 5.94. The minimum Gasteiger partial charge on any atom is -0.493 e. The van der Waals surface area contributed by atoms with Crippen LogP contribution in [-0.2, 0) is 6.42 Å². The summed E-state index contributed by atoms with van der Waals surface area (Å²) in [6.45, 7) is 6.96. The molecule has 2 heterocycles. The van der Waals surface area contributed by atoms with E-state index >= 15 is 0 Å². The maximum absolute atomic E-state index is 5.87. The van der Waals surface area contributed by atoms with Gasteiger partial charge in [0.1, 0.15) is 11.6 Å². The highest BCUT2D eigenvalue weighted by Gasteiger charge is 2.24. The standard InChI is InChI=1S/C17H23N5O/c1-4-5-14-20-16(18)22-17(21-14)19-13-8-9-23-15-11(3)10(2)6-7-12(13)15/h6-7,13H,4-5,8-9H2,1-3H3,(H3,18,19,20,21,22). The topological polar surface area (TPSA) is 86.0 Å². The van der Waals surface area contributed by atoms with Crippen LogP contribution in [0.25, 0.3) is 0 Å². The summed E-state index contributed by atoms with van der Waals surface area (Å²) in [6, 6.07) is 4.36. The van der Waals surface area contributed by atoms with Gasteiger partial charge in [-0.2, -0.15) is 15.0 Å². The van der Waals surface area contributed by atoms with E-state index in [9.17, 15) is 0 Å². The normalized spacial score (nSPS) is 16.6. The van der Waals surface area contributed by atoms with Crippen molar-refractivity contribution in [2.75, 3.05) is 17.7 Å². The molecule has 122 valence electrons. The van der Waals surface area contributed by atoms with Gasteiger partial charge in [-0.05, 0) is 31.4 Å². The van der Waals surface area contributed by atoms with E-state index in [0.717, 1.165) is 36.4 Å². The van der Waals surface area contributed by atoms with Crippen LogP contribution in [0.3, 0.4) is 0 Å². The third-order valence-electron chi connectivity index (χ3n) is 4.21. The van der Waals surface area contributed by atoms with Crippen LogP contribution in [0.1, 0.15) is 48.3 Å². The van der Waals surface area contributed by atoms with E-state index in [-0.39, 0.29) is 12.0 Å². The maximum Gasteiger partial charge on any atom is 0.228 e. The number of hydrogen-bond donors (Lipinski definition) is 2. The number of fused-ring (bicyclic) bond motifs is 1. The molecule has 0 saturated heterocycles. The molecule has 1 aromatic heterocycles. The summed E-state index contributed by atoms with van der Waals surface area (Å²) in [5, 5.41) is 3.40. The second kappa shape index (κ2) is 6.40. The molecule has 0 aliphatic carbocycles. The van der Waals surface area contributed by atoms with Gasteiger partial charge in [-0.25, -0.2) is 0 Å². The lowest BCUT2D eigenvalue weighted by Gasteiger charge is -2.28. The Morgan fingerprint density at radius 2 is 2.09 bits per heavy atom. The highest BCUT2D eigenvalue weighted by molar-refractivity contribution is 5.50. The van der Waals surface area contributed by atoms with Gasteiger partial charge in [-0.1, -0.05) is 19.1 Å². The monoisotopic (exact) mass is 313 g/mol. The Morgan fingerprint density at radius 1 is 1.26 bits per heavy atom. The largest absolute Gasteiger partial charge is 0.493 e. The number of nitrogens with one attached hydrogen (secondary N) is 1. The first-order chi connectivity index (χ1) is 11.1. The first-order valence-corrected chi connectivity index (χ1v) is 8.08. The lowest BCUT2D eigenvalue weighted by atomic mass is 9.95. The van der Waals surface area contributed by atoms with Gasteiger partial charge in [0.15, 0.2) is 0 Å². The summed E-state index contributed by atoms with van der Waals surface area (Å²) in [4.78, 5) is 12.9. The van der Waals surface area contributed by atoms with Crippen molar-refractivity contribution in [3.8, 4) is 5.75 Å². The lowest BCUT2D eigenvalue weighted by molar-refractivity contribution is 0.272. The van der Waals surface area contributed by atoms with Gasteiger partial charge in [0.25, 0.3) is 0 Å². The highest BCUT2D eigenvalue weighted by Crippen LogP contribution is 2.37. The SMILES string of the molecule is CCCc1nc(N)nc(NC2CCOc3c2ccc(C)c3C)n1. The number of aryl methyl sites for hydroxylation is 2. The molecule has 6 nitrogen and oxygen atoms in total. The Balaban J connectivity index is 1.89. The number of ether oxygens (including phenoxy) is 1. The van der Waals surface area contributed by atoms with Crippen molar-refractivity contribution in [2.24, 2.45) is 0 Å². The van der Waals surface area contributed by atoms with E-state index in [1.54, 1.807) is 0 Å². The number of rotatable bonds is 4. The number of benzene rings is 1. The minimum absolute atomic E-state index is 0.120. The molecule has 1 atom stereocenters. The molecule has 1 aliphatic heterocycles. The lowest BCUT2D eigenvalue weighted by Crippen LogP contribution is -2.23. The molecule has 0 bridgehead atoms. The Hall–Kier alpha value is -2.37. The zero-order valence-corrected chi connectivity index (χ0v) is 13.9. The average Bonchev–Trinajstić information content (AvgIpc) is 2.51. The molecule has 2 aromatic rings. The molecule has 0 fully saturated rings. The highest BCUT2D eigenvalue weighted by atomic mass is 16.5. The molecule has 1 aromatic carbocycles. The van der Waals surface area contributed by atoms with Crippen LogP contribution in [-0.4, -0.2) is 21.6 Å². The van der Waals surface area contributed by atoms with Crippen molar-refractivity contribution in [2.45, 2.75) is 46.1 Å². The average molecular weight is 313 g/mol. The van der Waals surface area contributed by atoms with Crippen molar-refractivity contribution < 1.29 is 4.74 Å². The Morgan fingerprint density at radius 3 is 2.87 bits per heavy atom. The molecule has 3 N–H and O–H groups in total. The van der Waals surface area contributed by atoms with Crippen LogP contribution in [0.4, 0.5) is 11.9 Å². The molecular formula is C17H23N5O. The molecule has 0 amide bonds. The van der Waals surface area contributed by atoms with Crippen molar-refractivity contribution in [1.82, 2.24) is 15.0 Å². The van der Waals surface area contributed by atoms with Crippen molar-refractivity contribution in [1.29, 1.82) is 0 Å². The van der Waals surface area contributed by atoms with Gasteiger partial charge in [-0.15, -0.1) is 0 Å². The van der Waals surface area contributed by atoms with E-state index in [4.69, 9.17) is 10.5 Å². The summed E-state index contributed by atoms with van der Waals surface area (Å²) in [5.41, 5.74) is 9.38. The predicted molar refractivity (Wildman–Crippen MR) is 90.6 cm³/mol. The van der Waals surface area contributed by atoms with E-state index in [0.29, 0.717) is 12.6 Å². The number of nitrogen functional groups attached to an aromatic ring is 1. The molecule has 0 spiro atoms. The van der Waals surface area contributed by atoms with Gasteiger partial charge < -0.3 is 15.8 Å². The fourth-order valence-electron chi connectivity index (χ4n) is 2.86. The quantitative estimate of drug-likeness (QED) is 0.902. The van der Waals surface area contributed by atoms with Crippen LogP contribution in [0.15, 0.2) is 12.1 Å². The number of nitrogens with two attached hydrogens (primary N) is 1. The van der Waals surface area contributed by atoms with Crippen LogP contribution in [0.5, 0.6) is 5.75 Å². The molecule has 6 heteroatoms. The summed E-state index contributed by atoms with van der Waals surface area (Å²) in [5.74, 6) is 2.51. The third kappa shape index (κ3) is 3.21. The van der Waals surface area contributed by atoms with Crippen molar-refractivity contribution in [3.63, 3.8) is 0 Å². The van der Waals surface area contributed by atoms with Gasteiger partial charge in [0.05, 0.1) is 12.6 Å². The van der Waals surface area contributed by atoms with Crippen LogP contribution >= 0.6 is 0 Å². The van der Waals surface area contributed by atoms with Crippen molar-refractivity contribution in [3.05, 3.63) is 34.6 Å². The number of hydrogen-bond acceptors (Lipinski definition) is 6. The van der Waals surface area contributed by atoms with Crippen LogP contribution in [0.2, 0.25) is 0 Å². The summed E-state index contributed by atoms with van der Waals surface area (Å²) in [6.07, 6.45) is 2.63. The molecule has 23 heavy (non-hydrogen) atoms. The molecule has 1 unspecified atom stereocenters. The van der Waals surface area contributed by atoms with E-state index in [1.807, 2.05) is 0 Å². The summed E-state index contributed by atoms with van der Waals surface area (Å²) >= 11 is 0. The fourth-order valence-corrected chi connectivity index (χ4v) is 2.86. The third-order valence-corrected chi connectivity index (χ3v) is 4.21. The summed E-state index contributed by atoms with van der Waals surface area (Å²) < 4.78 is 5.87. The molecule has 0 saturated carbocycles. The van der Waals surface area contributed by atoms with E-state index < -0.39 is 0 Å². The van der Waals surface area contributed by atoms with Crippen LogP contribution < -0.4 is 15.8 Å². The second-order valence-electron chi connectivity index (χ2n) is 5.94. The fraction of sp³-hybridized carbons (Fsp3) is 0.471. The first-order valence-electron chi connectivity index (χ1n) is 8.08. The van der Waals surface area contributed by atoms with E-state index in [2.05, 4.69) is 53.2 Å². The minimum atomic E-state index is 0.120. The number of nitrogens with zero attached hydrogens (tertiary/aromatic N) is 3. The number of aromatic nitrogens is 3. The van der Waals surface area contributed by atoms with Gasteiger partial charge in [0.2, 0.25) is 11.9 Å². The maximum atomic E-state index is 5.87. The summed E-state index contributed by atoms with van der Waals surface area (Å²) in [7, 11) is 0.